The van der Waals surface area contributed by atoms with Gasteiger partial charge in [-0.1, -0.05) is 13.3 Å². The van der Waals surface area contributed by atoms with Crippen LogP contribution in [0, 0.1) is 0 Å². The molecule has 0 saturated carbocycles. The van der Waals surface area contributed by atoms with Crippen molar-refractivity contribution in [1.82, 2.24) is 4.90 Å². The molecule has 2 heteroatoms. The Kier molecular flexibility index (Phi) is 3.50. The molecule has 1 unspecified atom stereocenters. The van der Waals surface area contributed by atoms with Crippen LogP contribution in [0.3, 0.4) is 0 Å². The molecule has 0 amide bonds. The number of rotatable bonds is 2. The molecule has 1 heterocycles. The fourth-order valence-electron chi connectivity index (χ4n) is 1.65. The van der Waals surface area contributed by atoms with Gasteiger partial charge < -0.3 is 0 Å². The number of alkyl halides is 1. The average Bonchev–Trinajstić information content (AvgIpc) is 2.04. The highest BCUT2D eigenvalue weighted by Gasteiger charge is 2.18. The number of piperidine rings is 1. The summed E-state index contributed by atoms with van der Waals surface area (Å²) < 4.78 is 0. The lowest BCUT2D eigenvalue weighted by atomic mass is 10.0. The molecular formula is C8H16ClN. The Balaban J connectivity index is 2.34. The van der Waals surface area contributed by atoms with E-state index < -0.39 is 0 Å². The summed E-state index contributed by atoms with van der Waals surface area (Å²) in [6, 6.07) is 0.667. The summed E-state index contributed by atoms with van der Waals surface area (Å²) in [5.74, 6) is 0.813. The normalized spacial score (nSPS) is 28.8. The molecule has 0 aromatic rings. The minimum absolute atomic E-state index is 0.667. The maximum atomic E-state index is 5.81. The number of halogens is 1. The van der Waals surface area contributed by atoms with Crippen molar-refractivity contribution in [3.8, 4) is 0 Å². The third-order valence-corrected chi connectivity index (χ3v) is 2.69. The molecule has 1 aliphatic heterocycles. The highest BCUT2D eigenvalue weighted by atomic mass is 35.5. The van der Waals surface area contributed by atoms with Gasteiger partial charge in [0.25, 0.3) is 0 Å². The highest BCUT2D eigenvalue weighted by molar-refractivity contribution is 6.18. The van der Waals surface area contributed by atoms with Gasteiger partial charge in [0.1, 0.15) is 0 Å². The Morgan fingerprint density at radius 2 is 2.30 bits per heavy atom. The largest absolute Gasteiger partial charge is 0.299 e. The van der Waals surface area contributed by atoms with Crippen molar-refractivity contribution >= 4 is 11.6 Å². The predicted octanol–water partition coefficient (Wildman–Crippen LogP) is 2.10. The van der Waals surface area contributed by atoms with E-state index in [2.05, 4.69) is 11.8 Å². The molecule has 0 bridgehead atoms. The first-order chi connectivity index (χ1) is 4.88. The average molecular weight is 162 g/mol. The first-order valence-electron chi connectivity index (χ1n) is 4.18. The molecule has 0 aromatic heterocycles. The number of hydrogen-bond acceptors (Lipinski definition) is 1. The number of hydrogen-bond donors (Lipinski definition) is 0. The Labute approximate surface area is 68.4 Å². The van der Waals surface area contributed by atoms with Crippen molar-refractivity contribution in [2.75, 3.05) is 19.0 Å². The van der Waals surface area contributed by atoms with E-state index >= 15 is 0 Å². The van der Waals surface area contributed by atoms with E-state index in [9.17, 15) is 0 Å². The lowest BCUT2D eigenvalue weighted by Gasteiger charge is -2.33. The van der Waals surface area contributed by atoms with E-state index in [1.54, 1.807) is 0 Å². The molecule has 10 heavy (non-hydrogen) atoms. The Bertz CT molecular complexity index is 83.3. The predicted molar refractivity (Wildman–Crippen MR) is 45.6 cm³/mol. The van der Waals surface area contributed by atoms with Gasteiger partial charge in [0.15, 0.2) is 0 Å². The first kappa shape index (κ1) is 8.35. The van der Waals surface area contributed by atoms with E-state index in [-0.39, 0.29) is 0 Å². The monoisotopic (exact) mass is 161 g/mol. The van der Waals surface area contributed by atoms with Gasteiger partial charge in [0.05, 0.1) is 0 Å². The van der Waals surface area contributed by atoms with Gasteiger partial charge in [0.2, 0.25) is 0 Å². The van der Waals surface area contributed by atoms with Crippen molar-refractivity contribution in [2.24, 2.45) is 0 Å². The quantitative estimate of drug-likeness (QED) is 0.561. The zero-order chi connectivity index (χ0) is 7.40. The van der Waals surface area contributed by atoms with Crippen LogP contribution < -0.4 is 0 Å². The molecule has 1 rings (SSSR count). The maximum absolute atomic E-state index is 5.81. The number of likely N-dealkylation sites (tertiary alicyclic amines) is 1. The summed E-state index contributed by atoms with van der Waals surface area (Å²) in [5, 5.41) is 0. The van der Waals surface area contributed by atoms with Crippen molar-refractivity contribution in [3.05, 3.63) is 0 Å². The Morgan fingerprint density at radius 3 is 2.80 bits per heavy atom. The zero-order valence-corrected chi connectivity index (χ0v) is 7.40. The van der Waals surface area contributed by atoms with Crippen molar-refractivity contribution < 1.29 is 0 Å². The molecule has 0 radical (unpaired) electrons. The molecular weight excluding hydrogens is 146 g/mol. The van der Waals surface area contributed by atoms with Gasteiger partial charge in [-0.15, -0.1) is 11.6 Å². The summed E-state index contributed by atoms with van der Waals surface area (Å²) in [6.07, 6.45) is 4.03. The second-order valence-electron chi connectivity index (χ2n) is 2.93. The summed E-state index contributed by atoms with van der Waals surface area (Å²) >= 11 is 5.81. The second-order valence-corrected chi connectivity index (χ2v) is 3.24. The van der Waals surface area contributed by atoms with Crippen molar-refractivity contribution in [2.45, 2.75) is 32.2 Å². The fraction of sp³-hybridized carbons (Fsp3) is 1.00. The van der Waals surface area contributed by atoms with Crippen LogP contribution in [0.4, 0.5) is 0 Å². The van der Waals surface area contributed by atoms with E-state index in [4.69, 9.17) is 11.6 Å². The minimum atomic E-state index is 0.667. The molecule has 0 spiro atoms. The topological polar surface area (TPSA) is 3.24 Å². The van der Waals surface area contributed by atoms with Crippen LogP contribution in [-0.2, 0) is 0 Å². The van der Waals surface area contributed by atoms with Crippen LogP contribution in [0.2, 0.25) is 0 Å². The van der Waals surface area contributed by atoms with E-state index in [1.807, 2.05) is 0 Å². The van der Waals surface area contributed by atoms with E-state index in [0.29, 0.717) is 6.04 Å². The molecule has 1 nitrogen and oxygen atoms in total. The van der Waals surface area contributed by atoms with Gasteiger partial charge >= 0.3 is 0 Å². The second kappa shape index (κ2) is 4.20. The molecule has 1 aliphatic rings. The van der Waals surface area contributed by atoms with Crippen molar-refractivity contribution in [1.29, 1.82) is 0 Å². The zero-order valence-electron chi connectivity index (χ0n) is 6.65. The van der Waals surface area contributed by atoms with Crippen LogP contribution >= 0.6 is 11.6 Å². The van der Waals surface area contributed by atoms with E-state index in [0.717, 1.165) is 12.4 Å². The molecule has 1 atom stereocenters. The molecule has 0 aliphatic carbocycles. The summed E-state index contributed by atoms with van der Waals surface area (Å²) in [5.41, 5.74) is 0. The minimum Gasteiger partial charge on any atom is -0.299 e. The smallest absolute Gasteiger partial charge is 0.0379 e. The lowest BCUT2D eigenvalue weighted by molar-refractivity contribution is 0.172. The molecule has 0 aromatic carbocycles. The van der Waals surface area contributed by atoms with Crippen LogP contribution in [0.15, 0.2) is 0 Å². The Hall–Kier alpha value is 0.250. The van der Waals surface area contributed by atoms with Gasteiger partial charge in [-0.25, -0.2) is 0 Å². The van der Waals surface area contributed by atoms with Gasteiger partial charge in [-0.2, -0.15) is 0 Å². The third kappa shape index (κ3) is 1.86. The van der Waals surface area contributed by atoms with Crippen LogP contribution in [-0.4, -0.2) is 29.9 Å². The molecule has 1 fully saturated rings. The lowest BCUT2D eigenvalue weighted by Crippen LogP contribution is -2.40. The van der Waals surface area contributed by atoms with Crippen molar-refractivity contribution in [3.63, 3.8) is 0 Å². The first-order valence-corrected chi connectivity index (χ1v) is 4.72. The maximum Gasteiger partial charge on any atom is 0.0379 e. The summed E-state index contributed by atoms with van der Waals surface area (Å²) in [6.45, 7) is 4.64. The number of nitrogens with zero attached hydrogens (tertiary/aromatic N) is 1. The van der Waals surface area contributed by atoms with Gasteiger partial charge in [-0.3, -0.25) is 4.90 Å². The summed E-state index contributed by atoms with van der Waals surface area (Å²) in [4.78, 5) is 2.48. The third-order valence-electron chi connectivity index (χ3n) is 2.33. The SMILES string of the molecule is CCN1CCCCC1CCl. The fourth-order valence-corrected chi connectivity index (χ4v) is 2.00. The van der Waals surface area contributed by atoms with Gasteiger partial charge in [-0.05, 0) is 25.9 Å². The molecule has 0 N–H and O–H groups in total. The molecule has 1 saturated heterocycles. The van der Waals surface area contributed by atoms with Crippen LogP contribution in [0.1, 0.15) is 26.2 Å². The summed E-state index contributed by atoms with van der Waals surface area (Å²) in [7, 11) is 0. The van der Waals surface area contributed by atoms with E-state index in [1.165, 1.54) is 25.8 Å². The highest BCUT2D eigenvalue weighted by Crippen LogP contribution is 2.16. The molecule has 60 valence electrons. The standard InChI is InChI=1S/C8H16ClN/c1-2-10-6-4-3-5-8(10)7-9/h8H,2-7H2,1H3. The van der Waals surface area contributed by atoms with Gasteiger partial charge in [0, 0.05) is 11.9 Å². The van der Waals surface area contributed by atoms with Crippen LogP contribution in [0.25, 0.3) is 0 Å². The Morgan fingerprint density at radius 1 is 1.50 bits per heavy atom. The van der Waals surface area contributed by atoms with Crippen LogP contribution in [0.5, 0.6) is 0 Å².